The first-order valence-corrected chi connectivity index (χ1v) is 8.28. The van der Waals surface area contributed by atoms with Crippen molar-refractivity contribution in [1.29, 1.82) is 0 Å². The predicted octanol–water partition coefficient (Wildman–Crippen LogP) is 2.12. The molecule has 0 radical (unpaired) electrons. The fraction of sp³-hybridized carbons (Fsp3) is 0.444. The van der Waals surface area contributed by atoms with Crippen LogP contribution in [0, 0.1) is 11.1 Å². The summed E-state index contributed by atoms with van der Waals surface area (Å²) in [6, 6.07) is 4.53. The van der Waals surface area contributed by atoms with Gasteiger partial charge in [-0.3, -0.25) is 0 Å². The highest BCUT2D eigenvalue weighted by Gasteiger charge is 2.37. The van der Waals surface area contributed by atoms with Crippen molar-refractivity contribution in [3.63, 3.8) is 0 Å². The Morgan fingerprint density at radius 2 is 2.08 bits per heavy atom. The second kappa shape index (κ2) is 7.51. The van der Waals surface area contributed by atoms with E-state index < -0.39 is 12.2 Å². The molecule has 2 aliphatic rings. The third-order valence-electron chi connectivity index (χ3n) is 4.53. The number of quaternary nitrogens is 1. The van der Waals surface area contributed by atoms with E-state index in [1.165, 1.54) is 12.3 Å². The summed E-state index contributed by atoms with van der Waals surface area (Å²) >= 11 is 0. The van der Waals surface area contributed by atoms with Crippen LogP contribution in [-0.2, 0) is 5.54 Å². The molecular weight excluding hydrogens is 332 g/mol. The topological polar surface area (TPSA) is 66.2 Å². The lowest BCUT2D eigenvalue weighted by Gasteiger charge is -2.40. The van der Waals surface area contributed by atoms with Gasteiger partial charge in [-0.25, -0.2) is 0 Å². The number of aliphatic hydroxyl groups excluding tert-OH is 1. The first kappa shape index (κ1) is 17.8. The monoisotopic (exact) mass is 353 g/mol. The largest absolute Gasteiger partial charge is 0.628 e. The Morgan fingerprint density at radius 3 is 2.72 bits per heavy atom. The van der Waals surface area contributed by atoms with Crippen LogP contribution < -0.4 is 14.5 Å². The molecule has 1 aliphatic heterocycles. The smallest absolute Gasteiger partial charge is 0.387 e. The van der Waals surface area contributed by atoms with Crippen LogP contribution >= 0.6 is 0 Å². The number of hydroxylamine groups is 2. The lowest BCUT2D eigenvalue weighted by Crippen LogP contribution is -3.10. The Labute approximate surface area is 144 Å². The average Bonchev–Trinajstić information content (AvgIpc) is 3.40. The summed E-state index contributed by atoms with van der Waals surface area (Å²) in [6.07, 6.45) is 8.87. The molecule has 2 N–H and O–H groups in total. The number of nitrogens with one attached hydrogen (secondary N) is 1. The molecule has 25 heavy (non-hydrogen) atoms. The number of ether oxygens (including phenoxy) is 2. The number of alkyl halides is 2. The first-order valence-electron chi connectivity index (χ1n) is 8.28. The van der Waals surface area contributed by atoms with Crippen LogP contribution in [0.2, 0.25) is 0 Å². The zero-order valence-electron chi connectivity index (χ0n) is 13.7. The molecule has 1 aromatic carbocycles. The molecule has 2 unspecified atom stereocenters. The van der Waals surface area contributed by atoms with Gasteiger partial charge in [0.05, 0.1) is 12.8 Å². The van der Waals surface area contributed by atoms with Gasteiger partial charge in [-0.05, 0) is 49.1 Å². The SMILES string of the molecule is [O-][NH+]1C=CC=CC1(CCO)c1ccc(OC(F)F)c(OCC2CC2)c1. The quantitative estimate of drug-likeness (QED) is 0.703. The Hall–Kier alpha value is -1.96. The van der Waals surface area contributed by atoms with Gasteiger partial charge in [0.2, 0.25) is 0 Å². The van der Waals surface area contributed by atoms with Crippen LogP contribution in [0.15, 0.2) is 42.6 Å². The maximum Gasteiger partial charge on any atom is 0.387 e. The third kappa shape index (κ3) is 4.00. The van der Waals surface area contributed by atoms with E-state index >= 15 is 0 Å². The molecule has 0 aromatic heterocycles. The number of hydrogen-bond donors (Lipinski definition) is 2. The molecule has 5 nitrogen and oxygen atoms in total. The van der Waals surface area contributed by atoms with Crippen LogP contribution in [0.3, 0.4) is 0 Å². The summed E-state index contributed by atoms with van der Waals surface area (Å²) in [6.45, 7) is -2.71. The molecule has 0 saturated heterocycles. The fourth-order valence-corrected chi connectivity index (χ4v) is 2.94. The van der Waals surface area contributed by atoms with Crippen LogP contribution in [0.1, 0.15) is 24.8 Å². The summed E-state index contributed by atoms with van der Waals surface area (Å²) in [5.41, 5.74) is -0.440. The van der Waals surface area contributed by atoms with Gasteiger partial charge in [0.1, 0.15) is 5.54 Å². The van der Waals surface area contributed by atoms with Gasteiger partial charge in [-0.1, -0.05) is 6.08 Å². The standard InChI is InChI=1S/C18H21F2NO4/c19-17(20)25-15-6-5-14(11-16(15)24-12-13-3-4-13)18(8-10-22)7-1-2-9-21(18)23/h1-2,5-7,9,11,13,17,21-22H,3-4,8,10,12H2. The summed E-state index contributed by atoms with van der Waals surface area (Å²) in [4.78, 5) is 0. The van der Waals surface area contributed by atoms with Crippen molar-refractivity contribution >= 4 is 0 Å². The molecule has 136 valence electrons. The van der Waals surface area contributed by atoms with Crippen molar-refractivity contribution in [3.05, 3.63) is 53.4 Å². The molecule has 0 bridgehead atoms. The molecular formula is C18H21F2NO4. The Bertz CT molecular complexity index is 660. The van der Waals surface area contributed by atoms with Crippen molar-refractivity contribution in [2.45, 2.75) is 31.4 Å². The predicted molar refractivity (Wildman–Crippen MR) is 87.3 cm³/mol. The van der Waals surface area contributed by atoms with Crippen molar-refractivity contribution in [3.8, 4) is 11.5 Å². The van der Waals surface area contributed by atoms with Crippen LogP contribution in [-0.4, -0.2) is 24.9 Å². The third-order valence-corrected chi connectivity index (χ3v) is 4.53. The second-order valence-electron chi connectivity index (χ2n) is 6.32. The van der Waals surface area contributed by atoms with E-state index in [0.717, 1.165) is 12.8 Å². The minimum Gasteiger partial charge on any atom is -0.628 e. The Balaban J connectivity index is 1.94. The zero-order valence-corrected chi connectivity index (χ0v) is 13.7. The second-order valence-corrected chi connectivity index (χ2v) is 6.32. The molecule has 7 heteroatoms. The molecule has 1 saturated carbocycles. The highest BCUT2D eigenvalue weighted by molar-refractivity contribution is 5.46. The van der Waals surface area contributed by atoms with Crippen LogP contribution in [0.4, 0.5) is 8.78 Å². The zero-order chi connectivity index (χ0) is 17.9. The fourth-order valence-electron chi connectivity index (χ4n) is 2.94. The molecule has 3 rings (SSSR count). The molecule has 1 aromatic rings. The van der Waals surface area contributed by atoms with E-state index in [1.54, 1.807) is 30.4 Å². The number of allylic oxidation sites excluding steroid dienone is 2. The van der Waals surface area contributed by atoms with E-state index in [0.29, 0.717) is 18.1 Å². The van der Waals surface area contributed by atoms with Crippen molar-refractivity contribution < 1.29 is 28.4 Å². The van der Waals surface area contributed by atoms with E-state index in [2.05, 4.69) is 4.74 Å². The molecule has 0 spiro atoms. The average molecular weight is 353 g/mol. The lowest BCUT2D eigenvalue weighted by molar-refractivity contribution is -0.855. The number of halogens is 2. The van der Waals surface area contributed by atoms with E-state index in [-0.39, 0.29) is 29.6 Å². The van der Waals surface area contributed by atoms with E-state index in [4.69, 9.17) is 4.74 Å². The van der Waals surface area contributed by atoms with Gasteiger partial charge in [-0.15, -0.1) is 0 Å². The number of hydrogen-bond acceptors (Lipinski definition) is 4. The summed E-state index contributed by atoms with van der Waals surface area (Å²) < 4.78 is 35.5. The van der Waals surface area contributed by atoms with Crippen molar-refractivity contribution in [2.75, 3.05) is 13.2 Å². The molecule has 1 heterocycles. The number of aliphatic hydroxyl groups is 1. The van der Waals surface area contributed by atoms with E-state index in [1.807, 2.05) is 0 Å². The van der Waals surface area contributed by atoms with Gasteiger partial charge in [0.25, 0.3) is 0 Å². The molecule has 1 fully saturated rings. The van der Waals surface area contributed by atoms with Gasteiger partial charge in [0, 0.05) is 18.6 Å². The summed E-state index contributed by atoms with van der Waals surface area (Å²) in [5, 5.41) is 21.8. The molecule has 1 aliphatic carbocycles. The minimum absolute atomic E-state index is 0.0543. The van der Waals surface area contributed by atoms with Gasteiger partial charge in [0.15, 0.2) is 11.5 Å². The summed E-state index contributed by atoms with van der Waals surface area (Å²) in [7, 11) is 0. The van der Waals surface area contributed by atoms with Crippen molar-refractivity contribution in [2.24, 2.45) is 5.92 Å². The first-order chi connectivity index (χ1) is 12.0. The van der Waals surface area contributed by atoms with Gasteiger partial charge >= 0.3 is 6.61 Å². The lowest BCUT2D eigenvalue weighted by atomic mass is 9.84. The molecule has 0 amide bonds. The summed E-state index contributed by atoms with van der Waals surface area (Å²) in [5.74, 6) is 0.577. The maximum atomic E-state index is 12.6. The van der Waals surface area contributed by atoms with Gasteiger partial charge in [-0.2, -0.15) is 8.78 Å². The van der Waals surface area contributed by atoms with Crippen LogP contribution in [0.5, 0.6) is 11.5 Å². The van der Waals surface area contributed by atoms with Crippen molar-refractivity contribution in [1.82, 2.24) is 0 Å². The molecule has 2 atom stereocenters. The highest BCUT2D eigenvalue weighted by Crippen LogP contribution is 2.37. The number of benzene rings is 1. The Morgan fingerprint density at radius 1 is 1.28 bits per heavy atom. The number of rotatable bonds is 8. The maximum absolute atomic E-state index is 12.6. The Kier molecular flexibility index (Phi) is 5.36. The van der Waals surface area contributed by atoms with E-state index in [9.17, 15) is 19.1 Å². The van der Waals surface area contributed by atoms with Gasteiger partial charge < -0.3 is 24.9 Å². The minimum atomic E-state index is -2.96. The highest BCUT2D eigenvalue weighted by atomic mass is 19.3. The normalized spacial score (nSPS) is 25.4. The van der Waals surface area contributed by atoms with Crippen LogP contribution in [0.25, 0.3) is 0 Å².